The van der Waals surface area contributed by atoms with E-state index in [0.717, 1.165) is 24.6 Å². The Morgan fingerprint density at radius 1 is 1.45 bits per heavy atom. The molecule has 0 spiro atoms. The Labute approximate surface area is 83.6 Å². The van der Waals surface area contributed by atoms with E-state index in [1.807, 2.05) is 0 Å². The van der Waals surface area contributed by atoms with Crippen molar-refractivity contribution in [2.24, 2.45) is 0 Å². The van der Waals surface area contributed by atoms with Crippen molar-refractivity contribution < 1.29 is 9.90 Å². The van der Waals surface area contributed by atoms with E-state index < -0.39 is 5.97 Å². The van der Waals surface area contributed by atoms with Gasteiger partial charge in [0, 0.05) is 16.6 Å². The van der Waals surface area contributed by atoms with E-state index in [1.54, 1.807) is 0 Å². The van der Waals surface area contributed by atoms with Gasteiger partial charge in [0.05, 0.1) is 0 Å². The second-order valence-electron chi connectivity index (χ2n) is 2.36. The van der Waals surface area contributed by atoms with Gasteiger partial charge in [0.25, 0.3) is 0 Å². The summed E-state index contributed by atoms with van der Waals surface area (Å²) in [5.41, 5.74) is 0. The molecule has 1 N–H and O–H groups in total. The first-order chi connectivity index (χ1) is 5.16. The summed E-state index contributed by atoms with van der Waals surface area (Å²) in [5, 5.41) is 9.35. The highest BCUT2D eigenvalue weighted by Gasteiger charge is 2.05. The molecule has 0 saturated heterocycles. The molecule has 0 aromatic rings. The van der Waals surface area contributed by atoms with Crippen molar-refractivity contribution in [1.29, 1.82) is 0 Å². The van der Waals surface area contributed by atoms with Crippen LogP contribution in [0.5, 0.6) is 0 Å². The summed E-state index contributed by atoms with van der Waals surface area (Å²) in [4.78, 5) is 10.5. The molecule has 4 heteroatoms. The molecule has 0 saturated carbocycles. The van der Waals surface area contributed by atoms with Crippen molar-refractivity contribution in [3.63, 3.8) is 0 Å². The van der Waals surface area contributed by atoms with Crippen LogP contribution < -0.4 is 0 Å². The van der Waals surface area contributed by atoms with Gasteiger partial charge in [-0.05, 0) is 19.3 Å². The molecule has 0 aromatic carbocycles. The smallest absolute Gasteiger partial charge is 0.303 e. The van der Waals surface area contributed by atoms with E-state index >= 15 is 0 Å². The molecular weight excluding hydrogens is 276 g/mol. The standard InChI is InChI=1S/C7H12Br2O2/c8-5-1-2-6(9)3-4-7(10)11/h6H,1-5H2,(H,10,11). The van der Waals surface area contributed by atoms with Gasteiger partial charge in [-0.15, -0.1) is 0 Å². The van der Waals surface area contributed by atoms with Crippen molar-refractivity contribution in [2.75, 3.05) is 5.33 Å². The number of carboxylic acid groups (broad SMARTS) is 1. The second kappa shape index (κ2) is 7.10. The largest absolute Gasteiger partial charge is 0.481 e. The topological polar surface area (TPSA) is 37.3 Å². The molecule has 0 heterocycles. The summed E-state index contributed by atoms with van der Waals surface area (Å²) >= 11 is 6.74. The minimum atomic E-state index is -0.715. The van der Waals surface area contributed by atoms with Crippen LogP contribution in [0.1, 0.15) is 25.7 Å². The predicted octanol–water partition coefficient (Wildman–Crippen LogP) is 2.79. The Morgan fingerprint density at radius 3 is 2.55 bits per heavy atom. The fraction of sp³-hybridized carbons (Fsp3) is 0.857. The zero-order valence-electron chi connectivity index (χ0n) is 6.22. The van der Waals surface area contributed by atoms with Gasteiger partial charge in [-0.25, -0.2) is 0 Å². The van der Waals surface area contributed by atoms with Crippen LogP contribution in [-0.2, 0) is 4.79 Å². The molecule has 1 unspecified atom stereocenters. The van der Waals surface area contributed by atoms with Gasteiger partial charge < -0.3 is 5.11 Å². The Bertz CT molecular complexity index is 117. The number of alkyl halides is 2. The number of halogens is 2. The lowest BCUT2D eigenvalue weighted by molar-refractivity contribution is -0.137. The monoisotopic (exact) mass is 286 g/mol. The van der Waals surface area contributed by atoms with Crippen molar-refractivity contribution in [3.8, 4) is 0 Å². The van der Waals surface area contributed by atoms with Crippen LogP contribution in [0.4, 0.5) is 0 Å². The summed E-state index contributed by atoms with van der Waals surface area (Å²) in [6.07, 6.45) is 3.12. The van der Waals surface area contributed by atoms with E-state index in [2.05, 4.69) is 31.9 Å². The average Bonchev–Trinajstić information content (AvgIpc) is 1.97. The number of carbonyl (C=O) groups is 1. The Balaban J connectivity index is 3.22. The summed E-state index contributed by atoms with van der Waals surface area (Å²) in [6, 6.07) is 0. The van der Waals surface area contributed by atoms with E-state index in [0.29, 0.717) is 4.83 Å². The molecule has 66 valence electrons. The predicted molar refractivity (Wildman–Crippen MR) is 52.6 cm³/mol. The van der Waals surface area contributed by atoms with E-state index in [4.69, 9.17) is 5.11 Å². The second-order valence-corrected chi connectivity index (χ2v) is 4.45. The highest BCUT2D eigenvalue weighted by molar-refractivity contribution is 9.09. The number of carboxylic acids is 1. The summed E-state index contributed by atoms with van der Waals surface area (Å²) in [7, 11) is 0. The van der Waals surface area contributed by atoms with Gasteiger partial charge in [-0.1, -0.05) is 31.9 Å². The molecule has 1 atom stereocenters. The zero-order valence-corrected chi connectivity index (χ0v) is 9.40. The third-order valence-corrected chi connectivity index (χ3v) is 2.80. The van der Waals surface area contributed by atoms with Crippen molar-refractivity contribution in [2.45, 2.75) is 30.5 Å². The average molecular weight is 288 g/mol. The fourth-order valence-electron chi connectivity index (χ4n) is 0.723. The maximum Gasteiger partial charge on any atom is 0.303 e. The first-order valence-electron chi connectivity index (χ1n) is 3.58. The van der Waals surface area contributed by atoms with Crippen LogP contribution in [0.3, 0.4) is 0 Å². The lowest BCUT2D eigenvalue weighted by Gasteiger charge is -2.05. The molecule has 0 bridgehead atoms. The highest BCUT2D eigenvalue weighted by Crippen LogP contribution is 2.14. The quantitative estimate of drug-likeness (QED) is 0.763. The molecule has 0 amide bonds. The maximum absolute atomic E-state index is 10.1. The summed E-state index contributed by atoms with van der Waals surface area (Å²) in [6.45, 7) is 0. The third-order valence-electron chi connectivity index (χ3n) is 1.32. The van der Waals surface area contributed by atoms with Gasteiger partial charge in [0.15, 0.2) is 0 Å². The van der Waals surface area contributed by atoms with Gasteiger partial charge in [0.1, 0.15) is 0 Å². The Kier molecular flexibility index (Phi) is 7.38. The number of hydrogen-bond acceptors (Lipinski definition) is 1. The van der Waals surface area contributed by atoms with Crippen LogP contribution in [0.15, 0.2) is 0 Å². The molecule has 0 fully saturated rings. The molecule has 0 aliphatic heterocycles. The minimum absolute atomic E-state index is 0.262. The normalized spacial score (nSPS) is 12.9. The lowest BCUT2D eigenvalue weighted by atomic mass is 10.1. The molecule has 0 radical (unpaired) electrons. The van der Waals surface area contributed by atoms with Crippen LogP contribution in [0.25, 0.3) is 0 Å². The van der Waals surface area contributed by atoms with Crippen LogP contribution in [-0.4, -0.2) is 21.2 Å². The fourth-order valence-corrected chi connectivity index (χ4v) is 1.60. The van der Waals surface area contributed by atoms with Gasteiger partial charge in [-0.3, -0.25) is 4.79 Å². The Morgan fingerprint density at radius 2 is 2.09 bits per heavy atom. The van der Waals surface area contributed by atoms with Crippen LogP contribution in [0, 0.1) is 0 Å². The van der Waals surface area contributed by atoms with Crippen molar-refractivity contribution in [1.82, 2.24) is 0 Å². The van der Waals surface area contributed by atoms with Crippen molar-refractivity contribution in [3.05, 3.63) is 0 Å². The molecule has 0 aromatic heterocycles. The highest BCUT2D eigenvalue weighted by atomic mass is 79.9. The minimum Gasteiger partial charge on any atom is -0.481 e. The summed E-state index contributed by atoms with van der Waals surface area (Å²) < 4.78 is 0. The lowest BCUT2D eigenvalue weighted by Crippen LogP contribution is -2.03. The van der Waals surface area contributed by atoms with E-state index in [1.165, 1.54) is 0 Å². The number of aliphatic carboxylic acids is 1. The maximum atomic E-state index is 10.1. The number of hydrogen-bond donors (Lipinski definition) is 1. The molecule has 0 rings (SSSR count). The molecule has 2 nitrogen and oxygen atoms in total. The number of rotatable bonds is 6. The Hall–Kier alpha value is 0.430. The van der Waals surface area contributed by atoms with Crippen molar-refractivity contribution >= 4 is 37.8 Å². The van der Waals surface area contributed by atoms with Crippen LogP contribution >= 0.6 is 31.9 Å². The SMILES string of the molecule is O=C(O)CCC(Br)CCCBr. The molecular formula is C7H12Br2O2. The molecule has 0 aliphatic rings. The van der Waals surface area contributed by atoms with Gasteiger partial charge in [-0.2, -0.15) is 0 Å². The van der Waals surface area contributed by atoms with Crippen LogP contribution in [0.2, 0.25) is 0 Å². The van der Waals surface area contributed by atoms with E-state index in [-0.39, 0.29) is 6.42 Å². The third kappa shape index (κ3) is 8.34. The molecule has 0 aliphatic carbocycles. The first-order valence-corrected chi connectivity index (χ1v) is 5.62. The van der Waals surface area contributed by atoms with Gasteiger partial charge in [0.2, 0.25) is 0 Å². The van der Waals surface area contributed by atoms with E-state index in [9.17, 15) is 4.79 Å². The first kappa shape index (κ1) is 11.4. The van der Waals surface area contributed by atoms with Gasteiger partial charge >= 0.3 is 5.97 Å². The zero-order chi connectivity index (χ0) is 8.69. The molecule has 11 heavy (non-hydrogen) atoms. The summed E-state index contributed by atoms with van der Waals surface area (Å²) in [5.74, 6) is -0.715.